The van der Waals surface area contributed by atoms with Crippen LogP contribution in [-0.2, 0) is 19.2 Å². The zero-order valence-electron chi connectivity index (χ0n) is 18.3. The van der Waals surface area contributed by atoms with Gasteiger partial charge in [-0.05, 0) is 56.7 Å². The Morgan fingerprint density at radius 2 is 0.941 bits per heavy atom. The molecule has 12 heteroatoms. The standard InChI is InChI=1S/C8H12O4.C8H6O4.C6H10O4/c9-7(10)5-1-2-6(4-3-5)8(11)12;9-7(10)5-2-1-3-6(4-5)8(11)12;7-5(8)3-1-2-4-6(9)10/h5-6H,1-4H2,(H,9,10)(H,11,12);1-4H,(H,9,10)(H,11,12);1-4H2,(H,7,8)(H,9,10). The van der Waals surface area contributed by atoms with Gasteiger partial charge in [-0.25, -0.2) is 9.59 Å². The minimum Gasteiger partial charge on any atom is -0.481 e. The molecule has 0 heterocycles. The predicted molar refractivity (Wildman–Crippen MR) is 115 cm³/mol. The zero-order chi connectivity index (χ0) is 26.3. The maximum atomic E-state index is 10.5. The summed E-state index contributed by atoms with van der Waals surface area (Å²) < 4.78 is 0. The van der Waals surface area contributed by atoms with Gasteiger partial charge in [-0.2, -0.15) is 0 Å². The Bertz CT molecular complexity index is 801. The van der Waals surface area contributed by atoms with Crippen LogP contribution in [0.4, 0.5) is 0 Å². The van der Waals surface area contributed by atoms with Gasteiger partial charge in [0, 0.05) is 12.8 Å². The first kappa shape index (κ1) is 30.0. The van der Waals surface area contributed by atoms with E-state index in [0.29, 0.717) is 38.5 Å². The summed E-state index contributed by atoms with van der Waals surface area (Å²) in [7, 11) is 0. The van der Waals surface area contributed by atoms with Crippen molar-refractivity contribution in [2.45, 2.75) is 51.4 Å². The van der Waals surface area contributed by atoms with E-state index in [9.17, 15) is 28.8 Å². The van der Waals surface area contributed by atoms with Crippen LogP contribution in [0.25, 0.3) is 0 Å². The maximum Gasteiger partial charge on any atom is 0.335 e. The van der Waals surface area contributed by atoms with Crippen molar-refractivity contribution < 1.29 is 59.4 Å². The molecule has 1 saturated carbocycles. The zero-order valence-corrected chi connectivity index (χ0v) is 18.3. The fourth-order valence-corrected chi connectivity index (χ4v) is 2.93. The molecule has 0 aromatic heterocycles. The molecular formula is C22H28O12. The van der Waals surface area contributed by atoms with Crippen molar-refractivity contribution in [1.82, 2.24) is 0 Å². The molecule has 1 aromatic rings. The molecule has 1 aliphatic rings. The van der Waals surface area contributed by atoms with Gasteiger partial charge in [0.25, 0.3) is 0 Å². The number of rotatable bonds is 9. The van der Waals surface area contributed by atoms with E-state index >= 15 is 0 Å². The topological polar surface area (TPSA) is 224 Å². The monoisotopic (exact) mass is 484 g/mol. The first-order chi connectivity index (χ1) is 15.8. The second kappa shape index (κ2) is 15.8. The highest BCUT2D eigenvalue weighted by molar-refractivity contribution is 5.93. The average molecular weight is 484 g/mol. The first-order valence-corrected chi connectivity index (χ1v) is 10.3. The highest BCUT2D eigenvalue weighted by Crippen LogP contribution is 2.28. The van der Waals surface area contributed by atoms with Gasteiger partial charge in [0.15, 0.2) is 0 Å². The highest BCUT2D eigenvalue weighted by atomic mass is 16.4. The third kappa shape index (κ3) is 13.5. The maximum absolute atomic E-state index is 10.5. The summed E-state index contributed by atoms with van der Waals surface area (Å²) in [6.07, 6.45) is 3.04. The van der Waals surface area contributed by atoms with Crippen LogP contribution in [0.3, 0.4) is 0 Å². The third-order valence-electron chi connectivity index (χ3n) is 4.81. The van der Waals surface area contributed by atoms with Crippen molar-refractivity contribution in [1.29, 1.82) is 0 Å². The summed E-state index contributed by atoms with van der Waals surface area (Å²) >= 11 is 0. The molecular weight excluding hydrogens is 456 g/mol. The van der Waals surface area contributed by atoms with E-state index < -0.39 is 35.8 Å². The largest absolute Gasteiger partial charge is 0.481 e. The molecule has 188 valence electrons. The van der Waals surface area contributed by atoms with Crippen molar-refractivity contribution in [3.63, 3.8) is 0 Å². The van der Waals surface area contributed by atoms with Gasteiger partial charge in [-0.15, -0.1) is 0 Å². The third-order valence-corrected chi connectivity index (χ3v) is 4.81. The van der Waals surface area contributed by atoms with Crippen molar-refractivity contribution >= 4 is 35.8 Å². The lowest BCUT2D eigenvalue weighted by atomic mass is 9.82. The van der Waals surface area contributed by atoms with E-state index in [-0.39, 0.29) is 35.8 Å². The second-order valence-electron chi connectivity index (χ2n) is 7.41. The number of carbonyl (C=O) groups is 6. The fourth-order valence-electron chi connectivity index (χ4n) is 2.93. The Balaban J connectivity index is 0.000000484. The Morgan fingerprint density at radius 3 is 1.18 bits per heavy atom. The predicted octanol–water partition coefficient (Wildman–Crippen LogP) is 2.76. The molecule has 0 spiro atoms. The lowest BCUT2D eigenvalue weighted by molar-refractivity contribution is -0.148. The van der Waals surface area contributed by atoms with Crippen molar-refractivity contribution in [3.05, 3.63) is 35.4 Å². The number of hydrogen-bond acceptors (Lipinski definition) is 6. The highest BCUT2D eigenvalue weighted by Gasteiger charge is 2.29. The van der Waals surface area contributed by atoms with E-state index in [4.69, 9.17) is 30.6 Å². The molecule has 1 aliphatic carbocycles. The van der Waals surface area contributed by atoms with Crippen LogP contribution in [0, 0.1) is 11.8 Å². The number of aliphatic carboxylic acids is 4. The molecule has 0 bridgehead atoms. The summed E-state index contributed by atoms with van der Waals surface area (Å²) in [5.41, 5.74) is -0.0372. The summed E-state index contributed by atoms with van der Waals surface area (Å²) in [6, 6.07) is 5.20. The van der Waals surface area contributed by atoms with Gasteiger partial charge < -0.3 is 30.6 Å². The van der Waals surface area contributed by atoms with Crippen LogP contribution < -0.4 is 0 Å². The molecule has 0 radical (unpaired) electrons. The van der Waals surface area contributed by atoms with Crippen molar-refractivity contribution in [2.75, 3.05) is 0 Å². The van der Waals surface area contributed by atoms with Crippen LogP contribution in [0.2, 0.25) is 0 Å². The fraction of sp³-hybridized carbons (Fsp3) is 0.455. The van der Waals surface area contributed by atoms with Gasteiger partial charge in [-0.3, -0.25) is 19.2 Å². The molecule has 1 aromatic carbocycles. The molecule has 0 unspecified atom stereocenters. The van der Waals surface area contributed by atoms with E-state index in [2.05, 4.69) is 0 Å². The van der Waals surface area contributed by atoms with Crippen LogP contribution in [0.5, 0.6) is 0 Å². The Hall–Kier alpha value is -3.96. The minimum absolute atomic E-state index is 0.0186. The molecule has 12 nitrogen and oxygen atoms in total. The Kier molecular flexibility index (Phi) is 13.9. The summed E-state index contributed by atoms with van der Waals surface area (Å²) in [5.74, 6) is -6.22. The van der Waals surface area contributed by atoms with Gasteiger partial charge >= 0.3 is 35.8 Å². The number of carboxylic acid groups (broad SMARTS) is 6. The summed E-state index contributed by atoms with van der Waals surface area (Å²) in [5, 5.41) is 50.5. The van der Waals surface area contributed by atoms with Gasteiger partial charge in [0.2, 0.25) is 0 Å². The Labute approximate surface area is 194 Å². The quantitative estimate of drug-likeness (QED) is 0.278. The van der Waals surface area contributed by atoms with Gasteiger partial charge in [0.05, 0.1) is 23.0 Å². The molecule has 0 saturated heterocycles. The lowest BCUT2D eigenvalue weighted by Gasteiger charge is -2.22. The number of aromatic carboxylic acids is 2. The smallest absolute Gasteiger partial charge is 0.335 e. The summed E-state index contributed by atoms with van der Waals surface area (Å²) in [6.45, 7) is 0. The van der Waals surface area contributed by atoms with E-state index in [1.54, 1.807) is 0 Å². The number of benzene rings is 1. The second-order valence-corrected chi connectivity index (χ2v) is 7.41. The molecule has 1 fully saturated rings. The van der Waals surface area contributed by atoms with Gasteiger partial charge in [-0.1, -0.05) is 6.07 Å². The van der Waals surface area contributed by atoms with E-state index in [0.717, 1.165) is 6.07 Å². The summed E-state index contributed by atoms with van der Waals surface area (Å²) in [4.78, 5) is 61.5. The molecule has 6 N–H and O–H groups in total. The molecule has 0 amide bonds. The van der Waals surface area contributed by atoms with E-state index in [1.807, 2.05) is 0 Å². The lowest BCUT2D eigenvalue weighted by Crippen LogP contribution is -2.25. The number of unbranched alkanes of at least 4 members (excludes halogenated alkanes) is 1. The SMILES string of the molecule is O=C(O)C1CCC(C(=O)O)CC1.O=C(O)CCCCC(=O)O.O=C(O)c1cccc(C(=O)O)c1. The normalized spacial score (nSPS) is 16.5. The molecule has 34 heavy (non-hydrogen) atoms. The number of hydrogen-bond donors (Lipinski definition) is 6. The molecule has 0 atom stereocenters. The van der Waals surface area contributed by atoms with Crippen LogP contribution in [0.1, 0.15) is 72.1 Å². The van der Waals surface area contributed by atoms with Crippen LogP contribution in [0.15, 0.2) is 24.3 Å². The average Bonchev–Trinajstić information content (AvgIpc) is 2.77. The van der Waals surface area contributed by atoms with Crippen molar-refractivity contribution in [3.8, 4) is 0 Å². The van der Waals surface area contributed by atoms with Crippen molar-refractivity contribution in [2.24, 2.45) is 11.8 Å². The molecule has 2 rings (SSSR count). The first-order valence-electron chi connectivity index (χ1n) is 10.3. The number of carboxylic acids is 6. The Morgan fingerprint density at radius 1 is 0.618 bits per heavy atom. The van der Waals surface area contributed by atoms with Gasteiger partial charge in [0.1, 0.15) is 0 Å². The van der Waals surface area contributed by atoms with Crippen LogP contribution >= 0.6 is 0 Å². The van der Waals surface area contributed by atoms with E-state index in [1.165, 1.54) is 18.2 Å². The molecule has 0 aliphatic heterocycles. The van der Waals surface area contributed by atoms with Crippen LogP contribution in [-0.4, -0.2) is 66.5 Å². The minimum atomic E-state index is -1.13.